The molecule has 10 unspecified atom stereocenters. The van der Waals surface area contributed by atoms with Crippen molar-refractivity contribution in [2.45, 2.75) is 193 Å². The maximum atomic E-state index is 14.8. The first-order valence-electron chi connectivity index (χ1n) is 22.7. The maximum Gasteiger partial charge on any atom is 0.460 e. The first kappa shape index (κ1) is 68.7. The van der Waals surface area contributed by atoms with Crippen LogP contribution in [0.3, 0.4) is 0 Å². The minimum absolute atomic E-state index is 0.162. The lowest BCUT2D eigenvalue weighted by molar-refractivity contribution is -0.445. The Kier molecular flexibility index (Phi) is 18.2. The molecule has 454 valence electrons. The van der Waals surface area contributed by atoms with Crippen LogP contribution in [0.2, 0.25) is 52.4 Å². The fourth-order valence-corrected chi connectivity index (χ4v) is 9.35. The Labute approximate surface area is 422 Å². The first-order valence-corrected chi connectivity index (χ1v) is 30.7. The van der Waals surface area contributed by atoms with Crippen LogP contribution >= 0.6 is 0 Å². The van der Waals surface area contributed by atoms with Crippen LogP contribution in [0.1, 0.15) is 51.4 Å². The summed E-state index contributed by atoms with van der Waals surface area (Å²) in [5.41, 5.74) is -12.0. The molecule has 4 bridgehead atoms. The van der Waals surface area contributed by atoms with Gasteiger partial charge in [-0.05, 0) is 62.2 Å². The van der Waals surface area contributed by atoms with Crippen LogP contribution in [0.5, 0.6) is 0 Å². The fraction of sp³-hybridized carbons (Fsp3) is 0.951. The molecule has 0 aromatic rings. The molecule has 0 radical (unpaired) electrons. The molecule has 6 fully saturated rings. The van der Waals surface area contributed by atoms with Crippen molar-refractivity contribution >= 4 is 28.1 Å². The second-order valence-electron chi connectivity index (χ2n) is 22.9. The molecule has 0 aromatic heterocycles. The van der Waals surface area contributed by atoms with E-state index in [0.29, 0.717) is 12.8 Å². The molecular weight excluding hydrogens is 1170 g/mol. The second-order valence-corrected chi connectivity index (χ2v) is 34.9. The highest BCUT2D eigenvalue weighted by Gasteiger charge is 2.98. The number of esters is 2. The third-order valence-corrected chi connectivity index (χ3v) is 13.1. The highest BCUT2D eigenvalue weighted by atomic mass is 28.3. The lowest BCUT2D eigenvalue weighted by atomic mass is 9.80. The van der Waals surface area contributed by atoms with Crippen molar-refractivity contribution in [3.63, 3.8) is 0 Å². The Morgan fingerprint density at radius 3 is 0.896 bits per heavy atom. The molecule has 36 heteroatoms. The molecule has 0 aromatic carbocycles. The predicted octanol–water partition coefficient (Wildman–Crippen LogP) is 13.5. The van der Waals surface area contributed by atoms with Crippen molar-refractivity contribution in [3.8, 4) is 0 Å². The zero-order valence-electron chi connectivity index (χ0n) is 41.2. The Bertz CT molecular complexity index is 2100. The zero-order chi connectivity index (χ0) is 61.0. The van der Waals surface area contributed by atoms with Gasteiger partial charge in [0.05, 0.1) is 11.8 Å². The van der Waals surface area contributed by atoms with Crippen LogP contribution in [-0.2, 0) is 28.5 Å². The Balaban J connectivity index is 0.000000345. The summed E-state index contributed by atoms with van der Waals surface area (Å²) in [7, 11) is -1.22. The lowest BCUT2D eigenvalue weighted by Crippen LogP contribution is -2.77. The molecule has 2 aliphatic heterocycles. The van der Waals surface area contributed by atoms with Gasteiger partial charge in [-0.1, -0.05) is 65.2 Å². The second kappa shape index (κ2) is 20.4. The maximum absolute atomic E-state index is 14.8. The summed E-state index contributed by atoms with van der Waals surface area (Å²) < 4.78 is 368. The van der Waals surface area contributed by atoms with Crippen molar-refractivity contribution in [1.82, 2.24) is 0 Å². The predicted molar refractivity (Wildman–Crippen MR) is 215 cm³/mol. The quantitative estimate of drug-likeness (QED) is 0.133. The Morgan fingerprint density at radius 2 is 0.701 bits per heavy atom. The molecule has 77 heavy (non-hydrogen) atoms. The minimum Gasteiger partial charge on any atom is -0.443 e. The van der Waals surface area contributed by atoms with Gasteiger partial charge in [-0.15, -0.1) is 0 Å². The summed E-state index contributed by atoms with van der Waals surface area (Å²) in [6.45, 7) is 12.4. The van der Waals surface area contributed by atoms with Gasteiger partial charge in [0.2, 0.25) is 0 Å². The number of halogens is 26. The number of carbonyl (C=O) groups is 2. The van der Waals surface area contributed by atoms with Gasteiger partial charge < -0.3 is 29.2 Å². The molecule has 4 aliphatic carbocycles. The van der Waals surface area contributed by atoms with E-state index < -0.39 is 154 Å². The van der Waals surface area contributed by atoms with E-state index in [0.717, 1.165) is 0 Å². The molecule has 0 spiro atoms. The average molecular weight is 1220 g/mol. The summed E-state index contributed by atoms with van der Waals surface area (Å²) in [6.07, 6.45) is -26.8. The normalized spacial score (nSPS) is 33.6. The molecule has 6 aliphatic rings. The van der Waals surface area contributed by atoms with E-state index in [1.54, 1.807) is 0 Å². The molecule has 8 nitrogen and oxygen atoms in total. The van der Waals surface area contributed by atoms with Crippen LogP contribution in [0.25, 0.3) is 0 Å². The number of carbonyl (C=O) groups excluding carboxylic acids is 2. The highest BCUT2D eigenvalue weighted by molar-refractivity contribution is 6.75. The topological polar surface area (TPSA) is 112 Å². The number of ether oxygens (including phenoxy) is 4. The summed E-state index contributed by atoms with van der Waals surface area (Å²) in [6, 6.07) is 0. The van der Waals surface area contributed by atoms with Crippen LogP contribution in [0, 0.1) is 35.5 Å². The summed E-state index contributed by atoms with van der Waals surface area (Å²) in [4.78, 5) is 24.7. The van der Waals surface area contributed by atoms with E-state index in [2.05, 4.69) is 71.3 Å². The third kappa shape index (κ3) is 11.5. The Morgan fingerprint density at radius 1 is 0.442 bits per heavy atom. The minimum atomic E-state index is -7.92. The van der Waals surface area contributed by atoms with Gasteiger partial charge in [-0.2, -0.15) is 114 Å². The SMILES string of the molecule is C[Si](C)(C)C.C[Si](C)(C)C.O=C(OC1(C(F)(F)C(F)(F)C(F)(F)C(F)(F)F)COC(O)(C(F)(F)F)C1(F)F)C1CC2CCC1C2.O=C(OC1(C(F)(F)C(F)(F)C(F)(F)F)COC(O)(C(F)(F)F)C1(F)F)C1CC2CCC1C2. The smallest absolute Gasteiger partial charge is 0.443 e. The highest BCUT2D eigenvalue weighted by Crippen LogP contribution is 2.67. The number of rotatable bonds is 9. The molecule has 2 N–H and O–H groups in total. The molecule has 0 amide bonds. The van der Waals surface area contributed by atoms with Gasteiger partial charge in [-0.25, -0.2) is 0 Å². The van der Waals surface area contributed by atoms with Gasteiger partial charge >= 0.3 is 89.7 Å². The summed E-state index contributed by atoms with van der Waals surface area (Å²) >= 11 is 0. The summed E-state index contributed by atoms with van der Waals surface area (Å²) in [5, 5.41) is 18.5. The van der Waals surface area contributed by atoms with Gasteiger partial charge in [0, 0.05) is 16.1 Å². The number of fused-ring (bicyclic) bond motifs is 4. The molecule has 6 rings (SSSR count). The molecule has 2 heterocycles. The monoisotopic (exact) mass is 1220 g/mol. The van der Waals surface area contributed by atoms with Crippen LogP contribution < -0.4 is 0 Å². The number of alkyl halides is 26. The van der Waals surface area contributed by atoms with E-state index in [1.807, 2.05) is 0 Å². The number of aliphatic hydroxyl groups is 2. The van der Waals surface area contributed by atoms with Crippen LogP contribution in [0.4, 0.5) is 114 Å². The van der Waals surface area contributed by atoms with Gasteiger partial charge in [0.1, 0.15) is 13.2 Å². The average Bonchev–Trinajstić information content (AvgIpc) is 4.07. The number of hydrogen-bond acceptors (Lipinski definition) is 8. The van der Waals surface area contributed by atoms with Crippen molar-refractivity contribution in [1.29, 1.82) is 0 Å². The molecule has 2 saturated heterocycles. The Hall–Kier alpha value is -2.61. The molecule has 10 atom stereocenters. The van der Waals surface area contributed by atoms with E-state index in [-0.39, 0.29) is 50.4 Å². The van der Waals surface area contributed by atoms with E-state index in [9.17, 15) is 134 Å². The van der Waals surface area contributed by atoms with E-state index >= 15 is 0 Å². The van der Waals surface area contributed by atoms with Gasteiger partial charge in [0.25, 0.3) is 11.2 Å². The van der Waals surface area contributed by atoms with Crippen molar-refractivity contribution < 1.29 is 153 Å². The van der Waals surface area contributed by atoms with Crippen LogP contribution in [0.15, 0.2) is 0 Å². The third-order valence-electron chi connectivity index (χ3n) is 13.1. The van der Waals surface area contributed by atoms with Crippen molar-refractivity contribution in [3.05, 3.63) is 0 Å². The van der Waals surface area contributed by atoms with E-state index in [4.69, 9.17) is 0 Å². The standard InChI is InChI=1S/C17H14F14O4.C16H14F12O4.2C4H12Si/c18-11(19,13(22,23)14(24,25)16(26,27)28)10(5-34-15(33,12(10,20)21)17(29,30)31)35-9(32)8-4-6-1-2-7(8)3-6;17-11(18,13(21,22)15(23,24)25)10(5-31-14(30,12(10,19)20)16(26,27)28)32-9(29)8-4-6-1-2-7(8)3-6;2*1-5(2,3)4/h6-8,33H,1-5H2;6-8,30H,1-5H2;2*1-4H3. The molecular formula is C41H52F26O8Si2. The first-order chi connectivity index (χ1) is 33.6. The largest absolute Gasteiger partial charge is 0.460 e. The summed E-state index contributed by atoms with van der Waals surface area (Å²) in [5.74, 6) is -73.0. The molecule has 4 saturated carbocycles. The van der Waals surface area contributed by atoms with Crippen LogP contribution in [-0.4, -0.2) is 140 Å². The van der Waals surface area contributed by atoms with Crippen molar-refractivity contribution in [2.24, 2.45) is 35.5 Å². The lowest BCUT2D eigenvalue weighted by Gasteiger charge is -2.45. The van der Waals surface area contributed by atoms with Gasteiger partial charge in [0.15, 0.2) is 0 Å². The van der Waals surface area contributed by atoms with E-state index in [1.165, 1.54) is 0 Å². The van der Waals surface area contributed by atoms with Crippen molar-refractivity contribution in [2.75, 3.05) is 13.2 Å². The van der Waals surface area contributed by atoms with Gasteiger partial charge in [-0.3, -0.25) is 9.59 Å². The zero-order valence-corrected chi connectivity index (χ0v) is 43.2. The fourth-order valence-electron chi connectivity index (χ4n) is 9.35. The number of hydrogen-bond donors (Lipinski definition) is 2.